The molecule has 0 saturated carbocycles. The Labute approximate surface area is 155 Å². The second-order valence-corrected chi connectivity index (χ2v) is 6.61. The quantitative estimate of drug-likeness (QED) is 0.545. The SMILES string of the molecule is Fc1ccc2c(N3CCCN(c4ccc5nccn5n4)CC3)ncnc2c1. The summed E-state index contributed by atoms with van der Waals surface area (Å²) >= 11 is 0. The van der Waals surface area contributed by atoms with Crippen LogP contribution in [0.3, 0.4) is 0 Å². The maximum absolute atomic E-state index is 13.5. The molecule has 8 heteroatoms. The summed E-state index contributed by atoms with van der Waals surface area (Å²) in [6.45, 7) is 3.45. The van der Waals surface area contributed by atoms with Gasteiger partial charge in [-0.05, 0) is 30.7 Å². The normalized spacial score (nSPS) is 15.4. The molecular weight excluding hydrogens is 345 g/mol. The molecular formula is C19H18FN7. The molecule has 7 nitrogen and oxygen atoms in total. The molecule has 27 heavy (non-hydrogen) atoms. The van der Waals surface area contributed by atoms with Gasteiger partial charge in [0.15, 0.2) is 5.65 Å². The standard InChI is InChI=1S/C19H18FN7/c20-14-2-3-15-16(12-14)22-13-23-19(15)26-8-1-7-25(10-11-26)18-5-4-17-21-6-9-27(17)24-18/h2-6,9,12-13H,1,7-8,10-11H2. The summed E-state index contributed by atoms with van der Waals surface area (Å²) < 4.78 is 15.3. The number of imidazole rings is 1. The van der Waals surface area contributed by atoms with Gasteiger partial charge in [-0.15, -0.1) is 5.10 Å². The molecule has 0 radical (unpaired) electrons. The Morgan fingerprint density at radius 3 is 2.74 bits per heavy atom. The highest BCUT2D eigenvalue weighted by atomic mass is 19.1. The molecule has 0 unspecified atom stereocenters. The van der Waals surface area contributed by atoms with Gasteiger partial charge in [0.2, 0.25) is 0 Å². The Morgan fingerprint density at radius 1 is 0.889 bits per heavy atom. The number of nitrogens with zero attached hydrogens (tertiary/aromatic N) is 7. The zero-order valence-electron chi connectivity index (χ0n) is 14.7. The van der Waals surface area contributed by atoms with Crippen molar-refractivity contribution in [2.75, 3.05) is 36.0 Å². The summed E-state index contributed by atoms with van der Waals surface area (Å²) in [7, 11) is 0. The van der Waals surface area contributed by atoms with E-state index in [2.05, 4.69) is 29.9 Å². The molecule has 0 aliphatic carbocycles. The molecule has 136 valence electrons. The first kappa shape index (κ1) is 15.9. The number of hydrogen-bond acceptors (Lipinski definition) is 6. The Hall–Kier alpha value is -3.29. The summed E-state index contributed by atoms with van der Waals surface area (Å²) in [4.78, 5) is 17.5. The molecule has 1 aliphatic rings. The van der Waals surface area contributed by atoms with E-state index in [1.165, 1.54) is 18.5 Å². The van der Waals surface area contributed by atoms with Gasteiger partial charge in [-0.1, -0.05) is 0 Å². The highest BCUT2D eigenvalue weighted by Crippen LogP contribution is 2.25. The van der Waals surface area contributed by atoms with E-state index in [1.807, 2.05) is 18.3 Å². The van der Waals surface area contributed by atoms with E-state index in [1.54, 1.807) is 16.8 Å². The second kappa shape index (κ2) is 6.46. The Kier molecular flexibility index (Phi) is 3.81. The van der Waals surface area contributed by atoms with Crippen LogP contribution in [0, 0.1) is 5.82 Å². The predicted octanol–water partition coefficient (Wildman–Crippen LogP) is 2.53. The Morgan fingerprint density at radius 2 is 1.78 bits per heavy atom. The fourth-order valence-corrected chi connectivity index (χ4v) is 3.60. The van der Waals surface area contributed by atoms with Crippen LogP contribution >= 0.6 is 0 Å². The lowest BCUT2D eigenvalue weighted by atomic mass is 10.2. The van der Waals surface area contributed by atoms with Crippen molar-refractivity contribution in [3.05, 3.63) is 54.9 Å². The van der Waals surface area contributed by atoms with Gasteiger partial charge in [0.1, 0.15) is 23.8 Å². The van der Waals surface area contributed by atoms with E-state index < -0.39 is 0 Å². The molecule has 0 N–H and O–H groups in total. The molecule has 0 spiro atoms. The van der Waals surface area contributed by atoms with E-state index in [-0.39, 0.29) is 5.82 Å². The number of halogens is 1. The second-order valence-electron chi connectivity index (χ2n) is 6.61. The lowest BCUT2D eigenvalue weighted by Gasteiger charge is -2.24. The zero-order valence-corrected chi connectivity index (χ0v) is 14.7. The first-order chi connectivity index (χ1) is 13.3. The van der Waals surface area contributed by atoms with Crippen molar-refractivity contribution >= 4 is 28.2 Å². The summed E-state index contributed by atoms with van der Waals surface area (Å²) in [5.41, 5.74) is 1.48. The van der Waals surface area contributed by atoms with E-state index >= 15 is 0 Å². The fraction of sp³-hybridized carbons (Fsp3) is 0.263. The van der Waals surface area contributed by atoms with Crippen molar-refractivity contribution in [3.63, 3.8) is 0 Å². The zero-order chi connectivity index (χ0) is 18.2. The number of fused-ring (bicyclic) bond motifs is 2. The Balaban J connectivity index is 1.41. The topological polar surface area (TPSA) is 62.5 Å². The molecule has 1 saturated heterocycles. The number of benzene rings is 1. The molecule has 4 aromatic rings. The van der Waals surface area contributed by atoms with E-state index in [0.717, 1.165) is 55.3 Å². The number of aromatic nitrogens is 5. The van der Waals surface area contributed by atoms with Crippen molar-refractivity contribution in [1.29, 1.82) is 0 Å². The van der Waals surface area contributed by atoms with Gasteiger partial charge in [-0.2, -0.15) is 0 Å². The van der Waals surface area contributed by atoms with Crippen molar-refractivity contribution in [2.45, 2.75) is 6.42 Å². The highest BCUT2D eigenvalue weighted by Gasteiger charge is 2.19. The van der Waals surface area contributed by atoms with E-state index in [9.17, 15) is 4.39 Å². The van der Waals surface area contributed by atoms with Crippen molar-refractivity contribution in [3.8, 4) is 0 Å². The third-order valence-electron chi connectivity index (χ3n) is 4.94. The predicted molar refractivity (Wildman–Crippen MR) is 102 cm³/mol. The highest BCUT2D eigenvalue weighted by molar-refractivity contribution is 5.89. The van der Waals surface area contributed by atoms with Crippen LogP contribution in [0.2, 0.25) is 0 Å². The summed E-state index contributed by atoms with van der Waals surface area (Å²) in [6, 6.07) is 8.67. The van der Waals surface area contributed by atoms with Crippen LogP contribution in [0.4, 0.5) is 16.0 Å². The van der Waals surface area contributed by atoms with Crippen molar-refractivity contribution in [1.82, 2.24) is 24.6 Å². The first-order valence-corrected chi connectivity index (χ1v) is 8.98. The molecule has 0 bridgehead atoms. The monoisotopic (exact) mass is 363 g/mol. The molecule has 0 atom stereocenters. The minimum atomic E-state index is -0.282. The minimum Gasteiger partial charge on any atom is -0.354 e. The van der Waals surface area contributed by atoms with Gasteiger partial charge in [-0.25, -0.2) is 23.9 Å². The molecule has 0 amide bonds. The lowest BCUT2D eigenvalue weighted by molar-refractivity contribution is 0.629. The van der Waals surface area contributed by atoms with Crippen LogP contribution in [0.5, 0.6) is 0 Å². The molecule has 3 aromatic heterocycles. The minimum absolute atomic E-state index is 0.282. The first-order valence-electron chi connectivity index (χ1n) is 8.98. The van der Waals surface area contributed by atoms with Gasteiger partial charge in [0.05, 0.1) is 5.52 Å². The third-order valence-corrected chi connectivity index (χ3v) is 4.94. The average molecular weight is 363 g/mol. The smallest absolute Gasteiger partial charge is 0.153 e. The van der Waals surface area contributed by atoms with Crippen LogP contribution < -0.4 is 9.80 Å². The number of anilines is 2. The molecule has 5 rings (SSSR count). The largest absolute Gasteiger partial charge is 0.354 e. The Bertz CT molecular complexity index is 1110. The van der Waals surface area contributed by atoms with Gasteiger partial charge in [0.25, 0.3) is 0 Å². The number of hydrogen-bond donors (Lipinski definition) is 0. The van der Waals surface area contributed by atoms with Crippen molar-refractivity contribution in [2.24, 2.45) is 0 Å². The summed E-state index contributed by atoms with van der Waals surface area (Å²) in [5.74, 6) is 1.52. The van der Waals surface area contributed by atoms with Crippen LogP contribution in [-0.2, 0) is 0 Å². The molecule has 1 aliphatic heterocycles. The van der Waals surface area contributed by atoms with Crippen molar-refractivity contribution < 1.29 is 4.39 Å². The molecule has 1 fully saturated rings. The summed E-state index contributed by atoms with van der Waals surface area (Å²) in [6.07, 6.45) is 6.10. The van der Waals surface area contributed by atoms with Crippen LogP contribution in [-0.4, -0.2) is 50.7 Å². The molecule has 4 heterocycles. The average Bonchev–Trinajstić information content (AvgIpc) is 3.02. The molecule has 1 aromatic carbocycles. The van der Waals surface area contributed by atoms with Gasteiger partial charge >= 0.3 is 0 Å². The van der Waals surface area contributed by atoms with Gasteiger partial charge < -0.3 is 9.80 Å². The van der Waals surface area contributed by atoms with Gasteiger partial charge in [-0.3, -0.25) is 0 Å². The summed E-state index contributed by atoms with van der Waals surface area (Å²) in [5, 5.41) is 5.53. The maximum Gasteiger partial charge on any atom is 0.153 e. The third kappa shape index (κ3) is 2.92. The lowest BCUT2D eigenvalue weighted by Crippen LogP contribution is -2.32. The number of rotatable bonds is 2. The van der Waals surface area contributed by atoms with Gasteiger partial charge in [0, 0.05) is 50.0 Å². The van der Waals surface area contributed by atoms with Crippen LogP contribution in [0.25, 0.3) is 16.6 Å². The van der Waals surface area contributed by atoms with E-state index in [4.69, 9.17) is 0 Å². The van der Waals surface area contributed by atoms with Crippen LogP contribution in [0.15, 0.2) is 49.1 Å². The maximum atomic E-state index is 13.5. The van der Waals surface area contributed by atoms with Crippen LogP contribution in [0.1, 0.15) is 6.42 Å². The fourth-order valence-electron chi connectivity index (χ4n) is 3.60. The van der Waals surface area contributed by atoms with E-state index in [0.29, 0.717) is 5.52 Å².